The topological polar surface area (TPSA) is 63.2 Å². The summed E-state index contributed by atoms with van der Waals surface area (Å²) in [6.07, 6.45) is -1.11. The zero-order valence-electron chi connectivity index (χ0n) is 10.7. The van der Waals surface area contributed by atoms with Crippen LogP contribution < -0.4 is 0 Å². The molecule has 0 aromatic carbocycles. The van der Waals surface area contributed by atoms with Crippen LogP contribution in [0.25, 0.3) is 0 Å². The second-order valence-corrected chi connectivity index (χ2v) is 3.71. The normalized spacial score (nSPS) is 28.6. The molecule has 0 radical (unpaired) electrons. The molecular formula is C11H20O6. The van der Waals surface area contributed by atoms with Gasteiger partial charge in [-0.25, -0.2) is 4.79 Å². The van der Waals surface area contributed by atoms with E-state index in [9.17, 15) is 4.79 Å². The molecule has 6 heteroatoms. The fraction of sp³-hybridized carbons (Fsp3) is 0.909. The van der Waals surface area contributed by atoms with Crippen LogP contribution in [0.1, 0.15) is 13.3 Å². The number of ether oxygens (including phenoxy) is 5. The zero-order chi connectivity index (χ0) is 12.8. The van der Waals surface area contributed by atoms with E-state index in [4.69, 9.17) is 23.7 Å². The molecule has 0 unspecified atom stereocenters. The number of rotatable bonds is 6. The molecule has 1 heterocycles. The average molecular weight is 248 g/mol. The predicted octanol–water partition coefficient (Wildman–Crippen LogP) is 0.546. The first-order valence-corrected chi connectivity index (χ1v) is 5.58. The molecule has 1 saturated heterocycles. The first-order chi connectivity index (χ1) is 8.17. The van der Waals surface area contributed by atoms with E-state index in [0.717, 1.165) is 0 Å². The van der Waals surface area contributed by atoms with Gasteiger partial charge in [0.2, 0.25) is 0 Å². The Balaban J connectivity index is 2.72. The van der Waals surface area contributed by atoms with Crippen LogP contribution in [0.2, 0.25) is 0 Å². The van der Waals surface area contributed by atoms with Crippen molar-refractivity contribution in [2.75, 3.05) is 27.9 Å². The minimum atomic E-state index is -0.704. The van der Waals surface area contributed by atoms with Crippen molar-refractivity contribution in [1.29, 1.82) is 0 Å². The van der Waals surface area contributed by atoms with Gasteiger partial charge < -0.3 is 23.7 Å². The van der Waals surface area contributed by atoms with Crippen LogP contribution >= 0.6 is 0 Å². The van der Waals surface area contributed by atoms with Crippen LogP contribution in [0.5, 0.6) is 0 Å². The lowest BCUT2D eigenvalue weighted by atomic mass is 10.0. The van der Waals surface area contributed by atoms with Crippen molar-refractivity contribution in [2.24, 2.45) is 5.92 Å². The van der Waals surface area contributed by atoms with Gasteiger partial charge in [-0.15, -0.1) is 0 Å². The van der Waals surface area contributed by atoms with E-state index in [1.807, 2.05) is 0 Å². The van der Waals surface area contributed by atoms with Crippen molar-refractivity contribution in [3.05, 3.63) is 0 Å². The van der Waals surface area contributed by atoms with Gasteiger partial charge in [0.1, 0.15) is 0 Å². The van der Waals surface area contributed by atoms with Crippen LogP contribution in [-0.2, 0) is 28.5 Å². The third kappa shape index (κ3) is 3.38. The molecule has 0 N–H and O–H groups in total. The van der Waals surface area contributed by atoms with E-state index < -0.39 is 24.7 Å². The summed E-state index contributed by atoms with van der Waals surface area (Å²) in [5.41, 5.74) is 0. The van der Waals surface area contributed by atoms with E-state index >= 15 is 0 Å². The van der Waals surface area contributed by atoms with Gasteiger partial charge in [0, 0.05) is 27.8 Å². The molecule has 0 saturated carbocycles. The lowest BCUT2D eigenvalue weighted by Crippen LogP contribution is -2.37. The third-order valence-corrected chi connectivity index (χ3v) is 2.75. The standard InChI is InChI=1S/C11H20O6/c1-5-16-10(12)9-7(11(14-3)15-4)6-8(13-2)17-9/h7-9,11H,5-6H2,1-4H3/t7-,8+,9+/m0/s1. The Kier molecular flexibility index (Phi) is 5.84. The van der Waals surface area contributed by atoms with E-state index in [2.05, 4.69) is 0 Å². The first-order valence-electron chi connectivity index (χ1n) is 5.58. The van der Waals surface area contributed by atoms with Gasteiger partial charge in [0.25, 0.3) is 0 Å². The van der Waals surface area contributed by atoms with Gasteiger partial charge >= 0.3 is 5.97 Å². The molecular weight excluding hydrogens is 228 g/mol. The quantitative estimate of drug-likeness (QED) is 0.505. The number of hydrogen-bond donors (Lipinski definition) is 0. The molecule has 1 rings (SSSR count). The Morgan fingerprint density at radius 3 is 2.47 bits per heavy atom. The van der Waals surface area contributed by atoms with E-state index in [1.165, 1.54) is 21.3 Å². The summed E-state index contributed by atoms with van der Waals surface area (Å²) < 4.78 is 25.9. The maximum atomic E-state index is 11.7. The lowest BCUT2D eigenvalue weighted by Gasteiger charge is -2.23. The van der Waals surface area contributed by atoms with Gasteiger partial charge in [-0.3, -0.25) is 0 Å². The van der Waals surface area contributed by atoms with Crippen LogP contribution in [0.3, 0.4) is 0 Å². The molecule has 0 amide bonds. The van der Waals surface area contributed by atoms with E-state index in [-0.39, 0.29) is 5.92 Å². The van der Waals surface area contributed by atoms with Crippen LogP contribution in [-0.4, -0.2) is 52.6 Å². The van der Waals surface area contributed by atoms with Crippen LogP contribution in [0, 0.1) is 5.92 Å². The summed E-state index contributed by atoms with van der Waals surface area (Å²) in [6.45, 7) is 2.06. The van der Waals surface area contributed by atoms with Crippen molar-refractivity contribution in [2.45, 2.75) is 32.0 Å². The summed E-state index contributed by atoms with van der Waals surface area (Å²) in [6, 6.07) is 0. The molecule has 6 nitrogen and oxygen atoms in total. The van der Waals surface area contributed by atoms with Crippen molar-refractivity contribution in [3.63, 3.8) is 0 Å². The summed E-state index contributed by atoms with van der Waals surface area (Å²) in [7, 11) is 4.58. The van der Waals surface area contributed by atoms with Crippen LogP contribution in [0.4, 0.5) is 0 Å². The lowest BCUT2D eigenvalue weighted by molar-refractivity contribution is -0.183. The van der Waals surface area contributed by atoms with Crippen LogP contribution in [0.15, 0.2) is 0 Å². The maximum absolute atomic E-state index is 11.7. The highest BCUT2D eigenvalue weighted by molar-refractivity contribution is 5.75. The van der Waals surface area contributed by atoms with E-state index in [0.29, 0.717) is 13.0 Å². The average Bonchev–Trinajstić information content (AvgIpc) is 2.75. The van der Waals surface area contributed by atoms with Gasteiger partial charge in [-0.1, -0.05) is 0 Å². The fourth-order valence-corrected chi connectivity index (χ4v) is 1.97. The maximum Gasteiger partial charge on any atom is 0.335 e. The number of methoxy groups -OCH3 is 3. The van der Waals surface area contributed by atoms with Crippen molar-refractivity contribution >= 4 is 5.97 Å². The first kappa shape index (κ1) is 14.4. The molecule has 100 valence electrons. The molecule has 1 fully saturated rings. The van der Waals surface area contributed by atoms with Crippen molar-refractivity contribution < 1.29 is 28.5 Å². The summed E-state index contributed by atoms with van der Waals surface area (Å²) in [5.74, 6) is -0.634. The summed E-state index contributed by atoms with van der Waals surface area (Å²) in [5, 5.41) is 0. The highest BCUT2D eigenvalue weighted by Gasteiger charge is 2.45. The molecule has 0 aromatic rings. The van der Waals surface area contributed by atoms with Gasteiger partial charge in [-0.05, 0) is 6.92 Å². The molecule has 0 aliphatic carbocycles. The molecule has 17 heavy (non-hydrogen) atoms. The fourth-order valence-electron chi connectivity index (χ4n) is 1.97. The Morgan fingerprint density at radius 1 is 1.35 bits per heavy atom. The molecule has 0 bridgehead atoms. The number of carbonyl (C=O) groups is 1. The van der Waals surface area contributed by atoms with Gasteiger partial charge in [-0.2, -0.15) is 0 Å². The Hall–Kier alpha value is -0.690. The zero-order valence-corrected chi connectivity index (χ0v) is 10.7. The van der Waals surface area contributed by atoms with E-state index in [1.54, 1.807) is 6.92 Å². The minimum Gasteiger partial charge on any atom is -0.464 e. The minimum absolute atomic E-state index is 0.228. The predicted molar refractivity (Wildman–Crippen MR) is 58.2 cm³/mol. The Labute approximate surface area is 101 Å². The highest BCUT2D eigenvalue weighted by Crippen LogP contribution is 2.32. The largest absolute Gasteiger partial charge is 0.464 e. The molecule has 1 aliphatic rings. The Morgan fingerprint density at radius 2 is 2.00 bits per heavy atom. The monoisotopic (exact) mass is 248 g/mol. The number of carbonyl (C=O) groups excluding carboxylic acids is 1. The second-order valence-electron chi connectivity index (χ2n) is 3.71. The van der Waals surface area contributed by atoms with Crippen molar-refractivity contribution in [1.82, 2.24) is 0 Å². The third-order valence-electron chi connectivity index (χ3n) is 2.75. The highest BCUT2D eigenvalue weighted by atomic mass is 16.7. The Bertz CT molecular complexity index is 240. The molecule has 0 spiro atoms. The van der Waals surface area contributed by atoms with Crippen molar-refractivity contribution in [3.8, 4) is 0 Å². The summed E-state index contributed by atoms with van der Waals surface area (Å²) >= 11 is 0. The second kappa shape index (κ2) is 6.90. The number of esters is 1. The SMILES string of the molecule is CCOC(=O)[C@@H]1O[C@@H](OC)C[C@@H]1C(OC)OC. The molecule has 1 aliphatic heterocycles. The molecule has 0 aromatic heterocycles. The molecule has 3 atom stereocenters. The van der Waals surface area contributed by atoms with Gasteiger partial charge in [0.05, 0.1) is 12.5 Å². The van der Waals surface area contributed by atoms with Gasteiger partial charge in [0.15, 0.2) is 18.7 Å². The summed E-state index contributed by atoms with van der Waals surface area (Å²) in [4.78, 5) is 11.7. The smallest absolute Gasteiger partial charge is 0.335 e. The number of hydrogen-bond acceptors (Lipinski definition) is 6.